The van der Waals surface area contributed by atoms with Gasteiger partial charge in [0.1, 0.15) is 0 Å². The van der Waals surface area contributed by atoms with E-state index >= 15 is 0 Å². The van der Waals surface area contributed by atoms with Crippen molar-refractivity contribution in [3.05, 3.63) is 0 Å². The van der Waals surface area contributed by atoms with Crippen LogP contribution in [0.4, 0.5) is 0 Å². The Kier molecular flexibility index (Phi) is 6.59. The second-order valence-corrected chi connectivity index (χ2v) is 5.78. The Morgan fingerprint density at radius 2 is 2.36 bits per heavy atom. The lowest BCUT2D eigenvalue weighted by Gasteiger charge is -2.28. The molecule has 0 aromatic heterocycles. The van der Waals surface area contributed by atoms with Crippen LogP contribution in [0.3, 0.4) is 0 Å². The molecule has 1 heterocycles. The molecule has 0 bridgehead atoms. The molecule has 0 aromatic carbocycles. The summed E-state index contributed by atoms with van der Waals surface area (Å²) in [6.45, 7) is 5.15. The lowest BCUT2D eigenvalue weighted by molar-refractivity contribution is 0.536. The zero-order valence-electron chi connectivity index (χ0n) is 9.01. The van der Waals surface area contributed by atoms with Crippen molar-refractivity contribution in [3.63, 3.8) is 0 Å². The van der Waals surface area contributed by atoms with E-state index in [-0.39, 0.29) is 0 Å². The standard InChI is InChI=1S/C11H19NS2/c1-3-5-6-10(12-4-2)11-9-13-7-8-14-11/h10-12H,4,6-9H2,1-2H3. The normalized spacial score (nSPS) is 23.7. The Bertz CT molecular complexity index is 201. The zero-order chi connectivity index (χ0) is 10.2. The molecule has 1 aliphatic rings. The van der Waals surface area contributed by atoms with Gasteiger partial charge in [-0.05, 0) is 13.5 Å². The molecule has 1 saturated heterocycles. The molecule has 2 unspecified atom stereocenters. The first kappa shape index (κ1) is 12.3. The van der Waals surface area contributed by atoms with Crippen LogP contribution in [0.15, 0.2) is 0 Å². The van der Waals surface area contributed by atoms with Gasteiger partial charge in [-0.25, -0.2) is 0 Å². The number of hydrogen-bond donors (Lipinski definition) is 1. The first-order chi connectivity index (χ1) is 6.88. The second kappa shape index (κ2) is 7.50. The third kappa shape index (κ3) is 4.16. The van der Waals surface area contributed by atoms with Gasteiger partial charge in [0, 0.05) is 35.0 Å². The average Bonchev–Trinajstić information content (AvgIpc) is 2.25. The van der Waals surface area contributed by atoms with E-state index < -0.39 is 0 Å². The second-order valence-electron chi connectivity index (χ2n) is 3.28. The van der Waals surface area contributed by atoms with Crippen LogP contribution in [0.2, 0.25) is 0 Å². The Labute approximate surface area is 96.2 Å². The highest BCUT2D eigenvalue weighted by Gasteiger charge is 2.22. The van der Waals surface area contributed by atoms with Crippen LogP contribution in [0.1, 0.15) is 20.3 Å². The fourth-order valence-electron chi connectivity index (χ4n) is 1.55. The molecule has 1 nitrogen and oxygen atoms in total. The van der Waals surface area contributed by atoms with Crippen molar-refractivity contribution in [1.29, 1.82) is 0 Å². The Morgan fingerprint density at radius 1 is 1.50 bits per heavy atom. The molecule has 0 radical (unpaired) electrons. The van der Waals surface area contributed by atoms with Crippen LogP contribution < -0.4 is 5.32 Å². The zero-order valence-corrected chi connectivity index (χ0v) is 10.6. The topological polar surface area (TPSA) is 12.0 Å². The van der Waals surface area contributed by atoms with E-state index in [0.717, 1.165) is 18.2 Å². The smallest absolute Gasteiger partial charge is 0.0303 e. The molecule has 2 atom stereocenters. The fourth-order valence-corrected chi connectivity index (χ4v) is 4.44. The maximum absolute atomic E-state index is 3.55. The average molecular weight is 229 g/mol. The highest BCUT2D eigenvalue weighted by atomic mass is 32.2. The summed E-state index contributed by atoms with van der Waals surface area (Å²) in [6.07, 6.45) is 1.00. The predicted molar refractivity (Wildman–Crippen MR) is 69.1 cm³/mol. The first-order valence-electron chi connectivity index (χ1n) is 5.20. The van der Waals surface area contributed by atoms with Crippen LogP contribution in [0, 0.1) is 11.8 Å². The summed E-state index contributed by atoms with van der Waals surface area (Å²) >= 11 is 4.19. The van der Waals surface area contributed by atoms with Crippen LogP contribution in [-0.2, 0) is 0 Å². The van der Waals surface area contributed by atoms with Crippen molar-refractivity contribution < 1.29 is 0 Å². The number of hydrogen-bond acceptors (Lipinski definition) is 3. The van der Waals surface area contributed by atoms with Crippen LogP contribution in [0.5, 0.6) is 0 Å². The minimum absolute atomic E-state index is 0.588. The predicted octanol–water partition coefficient (Wildman–Crippen LogP) is 2.23. The van der Waals surface area contributed by atoms with E-state index in [2.05, 4.69) is 47.6 Å². The van der Waals surface area contributed by atoms with Crippen molar-refractivity contribution in [2.45, 2.75) is 31.6 Å². The van der Waals surface area contributed by atoms with Crippen LogP contribution in [-0.4, -0.2) is 35.1 Å². The van der Waals surface area contributed by atoms with Crippen molar-refractivity contribution in [1.82, 2.24) is 5.32 Å². The lowest BCUT2D eigenvalue weighted by atomic mass is 10.1. The van der Waals surface area contributed by atoms with Crippen LogP contribution >= 0.6 is 23.5 Å². The Balaban J connectivity index is 2.40. The summed E-state index contributed by atoms with van der Waals surface area (Å²) in [5.41, 5.74) is 0. The molecule has 0 aromatic rings. The van der Waals surface area contributed by atoms with Gasteiger partial charge < -0.3 is 5.32 Å². The summed E-state index contributed by atoms with van der Waals surface area (Å²) in [6, 6.07) is 0.588. The summed E-state index contributed by atoms with van der Waals surface area (Å²) in [7, 11) is 0. The molecule has 0 saturated carbocycles. The SMILES string of the molecule is CC#CCC(NCC)C1CSCCS1. The van der Waals surface area contributed by atoms with Crippen molar-refractivity contribution >= 4 is 23.5 Å². The van der Waals surface area contributed by atoms with Crippen molar-refractivity contribution in [2.75, 3.05) is 23.8 Å². The summed E-state index contributed by atoms with van der Waals surface area (Å²) in [5, 5.41) is 4.31. The quantitative estimate of drug-likeness (QED) is 0.743. The molecule has 1 fully saturated rings. The minimum atomic E-state index is 0.588. The van der Waals surface area contributed by atoms with Gasteiger partial charge in [-0.3, -0.25) is 0 Å². The van der Waals surface area contributed by atoms with Gasteiger partial charge in [0.2, 0.25) is 0 Å². The molecule has 1 rings (SSSR count). The van der Waals surface area contributed by atoms with E-state index in [4.69, 9.17) is 0 Å². The maximum atomic E-state index is 3.55. The van der Waals surface area contributed by atoms with Crippen LogP contribution in [0.25, 0.3) is 0 Å². The molecule has 0 amide bonds. The third-order valence-corrected chi connectivity index (χ3v) is 5.18. The fraction of sp³-hybridized carbons (Fsp3) is 0.818. The lowest BCUT2D eigenvalue weighted by Crippen LogP contribution is -2.40. The van der Waals surface area contributed by atoms with Crippen molar-refractivity contribution in [2.24, 2.45) is 0 Å². The van der Waals surface area contributed by atoms with Gasteiger partial charge in [0.05, 0.1) is 0 Å². The van der Waals surface area contributed by atoms with Crippen molar-refractivity contribution in [3.8, 4) is 11.8 Å². The summed E-state index contributed by atoms with van der Waals surface area (Å²) in [4.78, 5) is 0. The molecular weight excluding hydrogens is 210 g/mol. The molecule has 1 aliphatic heterocycles. The monoisotopic (exact) mass is 229 g/mol. The van der Waals surface area contributed by atoms with Gasteiger partial charge >= 0.3 is 0 Å². The Morgan fingerprint density at radius 3 is 2.93 bits per heavy atom. The highest BCUT2D eigenvalue weighted by Crippen LogP contribution is 2.27. The van der Waals surface area contributed by atoms with Gasteiger partial charge in [-0.2, -0.15) is 23.5 Å². The number of nitrogens with one attached hydrogen (secondary N) is 1. The van der Waals surface area contributed by atoms with E-state index in [1.54, 1.807) is 0 Å². The molecular formula is C11H19NS2. The van der Waals surface area contributed by atoms with E-state index in [0.29, 0.717) is 6.04 Å². The van der Waals surface area contributed by atoms with Gasteiger partial charge in [0.25, 0.3) is 0 Å². The van der Waals surface area contributed by atoms with E-state index in [1.807, 2.05) is 6.92 Å². The third-order valence-electron chi connectivity index (χ3n) is 2.26. The largest absolute Gasteiger partial charge is 0.312 e. The molecule has 0 aliphatic carbocycles. The summed E-state index contributed by atoms with van der Waals surface area (Å²) < 4.78 is 0. The maximum Gasteiger partial charge on any atom is 0.0303 e. The molecule has 3 heteroatoms. The van der Waals surface area contributed by atoms with Gasteiger partial charge in [-0.15, -0.1) is 11.8 Å². The summed E-state index contributed by atoms with van der Waals surface area (Å²) in [5.74, 6) is 10.1. The number of rotatable bonds is 4. The van der Waals surface area contributed by atoms with Gasteiger partial charge in [0.15, 0.2) is 0 Å². The first-order valence-corrected chi connectivity index (χ1v) is 7.41. The molecule has 80 valence electrons. The van der Waals surface area contributed by atoms with E-state index in [1.165, 1.54) is 17.3 Å². The van der Waals surface area contributed by atoms with Gasteiger partial charge in [-0.1, -0.05) is 6.92 Å². The molecule has 1 N–H and O–H groups in total. The highest BCUT2D eigenvalue weighted by molar-refractivity contribution is 8.06. The van der Waals surface area contributed by atoms with E-state index in [9.17, 15) is 0 Å². The Hall–Kier alpha value is 0.220. The molecule has 0 spiro atoms. The minimum Gasteiger partial charge on any atom is -0.312 e. The molecule has 14 heavy (non-hydrogen) atoms. The number of thioether (sulfide) groups is 2.